The number of benzene rings is 3. The molecule has 0 aliphatic carbocycles. The van der Waals surface area contributed by atoms with Gasteiger partial charge < -0.3 is 148 Å². The number of hydrogen-bond acceptors (Lipinski definition) is 31. The summed E-state index contributed by atoms with van der Waals surface area (Å²) in [6.45, 7) is -3.36. The highest BCUT2D eigenvalue weighted by Gasteiger charge is 2.54. The molecule has 548 valence electrons. The van der Waals surface area contributed by atoms with E-state index in [9.17, 15) is 85.6 Å². The van der Waals surface area contributed by atoms with E-state index in [-0.39, 0.29) is 37.0 Å². The van der Waals surface area contributed by atoms with Gasteiger partial charge in [0.2, 0.25) is 41.7 Å². The van der Waals surface area contributed by atoms with Gasteiger partial charge in [-0.1, -0.05) is 91.9 Å². The Morgan fingerprint density at radius 3 is 1.85 bits per heavy atom. The third-order valence-electron chi connectivity index (χ3n) is 17.9. The van der Waals surface area contributed by atoms with E-state index in [1.165, 1.54) is 24.3 Å². The van der Waals surface area contributed by atoms with Crippen molar-refractivity contribution in [1.82, 2.24) is 42.1 Å². The van der Waals surface area contributed by atoms with Crippen molar-refractivity contribution < 1.29 is 124 Å². The fourth-order valence-corrected chi connectivity index (χ4v) is 12.2. The number of ether oxygens (including phenoxy) is 6. The van der Waals surface area contributed by atoms with Gasteiger partial charge in [0.15, 0.2) is 24.4 Å². The van der Waals surface area contributed by atoms with Crippen molar-refractivity contribution in [2.45, 2.75) is 166 Å². The van der Waals surface area contributed by atoms with Crippen LogP contribution < -0.4 is 53.4 Å². The molecule has 0 aromatic heterocycles. The molecule has 100 heavy (non-hydrogen) atoms. The van der Waals surface area contributed by atoms with Crippen LogP contribution >= 0.6 is 0 Å². The number of aliphatic hydroxyl groups is 13. The number of guanidine groups is 2. The van der Waals surface area contributed by atoms with Crippen molar-refractivity contribution >= 4 is 53.4 Å². The van der Waals surface area contributed by atoms with Gasteiger partial charge in [-0.25, -0.2) is 0 Å². The number of nitrogens with zero attached hydrogens (tertiary/aromatic N) is 3. The molecule has 5 unspecified atom stereocenters. The van der Waals surface area contributed by atoms with Crippen LogP contribution in [0.15, 0.2) is 101 Å². The first-order valence-electron chi connectivity index (χ1n) is 32.1. The summed E-state index contributed by atoms with van der Waals surface area (Å²) in [6.07, 6.45) is -27.8. The highest BCUT2D eigenvalue weighted by molar-refractivity contribution is 5.98. The van der Waals surface area contributed by atoms with Crippen LogP contribution in [0, 0.1) is 0 Å². The molecular weight excluding hydrogens is 1320 g/mol. The number of carbonyl (C=O) groups excluding carboxylic acids is 6. The minimum absolute atomic E-state index is 0.0647. The molecular formula is C63H86N12O25. The van der Waals surface area contributed by atoms with E-state index < -0.39 is 233 Å². The van der Waals surface area contributed by atoms with Gasteiger partial charge >= 0.3 is 0 Å². The smallest absolute Gasteiger partial charge is 0.246 e. The molecule has 0 bridgehead atoms. The topological polar surface area (TPSA) is 585 Å². The first kappa shape index (κ1) is 76.0. The summed E-state index contributed by atoms with van der Waals surface area (Å²) in [5.74, 6) is -8.98. The lowest BCUT2D eigenvalue weighted by atomic mass is 9.92. The molecule has 3 aromatic rings. The van der Waals surface area contributed by atoms with E-state index in [0.717, 1.165) is 10.5 Å². The van der Waals surface area contributed by atoms with Crippen LogP contribution in [0.3, 0.4) is 0 Å². The number of hydrogen-bond donors (Lipinski definition) is 22. The van der Waals surface area contributed by atoms with E-state index in [1.807, 2.05) is 30.3 Å². The van der Waals surface area contributed by atoms with Crippen molar-refractivity contribution in [2.24, 2.45) is 21.5 Å². The molecule has 37 nitrogen and oxygen atoms in total. The standard InChI is InChI=1S/C63H86N12O25/c1-27(30-12-6-3-7-13-30)40-56(92)69-32(19-29-14-16-31(17-15-29)96-60-52(89)49(86)53(37(25-78)98-60)100-61-51(88)48(85)46(83)38(99-61)26-95-18-8-11-28-9-4-2-5-10-28)55(91)73-41(43(80)33-20-67-62(64)71-33)58(94)74-42(57(93)70-34(23-76)54(90)66-22-39(79)72-40)44(81)35-21-68-63(65)75(35)59-50(87)47(84)45(82)36(24-77)97-59/h2-17,27,32-38,40-53,59-61,76-78,80-89H,18-26H2,1H3,(H2,65,68)(H,66,90)(H,69,92)(H,70,93)(H,72,79)(H,73,91)(H,74,94)(H3,64,67,71)/b11-8+/t27?,32-,33?,34+,35?,36-,37-,38-,40+,41+,42-,43?,44?,45-,46-,47+,48+,49-,50+,51+,52+,53-,59+,60+,61-/m1/s1. The molecule has 6 heterocycles. The fourth-order valence-electron chi connectivity index (χ4n) is 12.2. The van der Waals surface area contributed by atoms with E-state index in [2.05, 4.69) is 47.2 Å². The molecule has 3 aromatic carbocycles. The van der Waals surface area contributed by atoms with Gasteiger partial charge in [-0.2, -0.15) is 0 Å². The van der Waals surface area contributed by atoms with Crippen molar-refractivity contribution in [2.75, 3.05) is 52.7 Å². The Morgan fingerprint density at radius 1 is 0.590 bits per heavy atom. The summed E-state index contributed by atoms with van der Waals surface area (Å²) < 4.78 is 34.8. The molecule has 0 spiro atoms. The molecule has 6 aliphatic heterocycles. The Labute approximate surface area is 570 Å². The predicted octanol–water partition coefficient (Wildman–Crippen LogP) is -10.9. The number of aliphatic hydroxyl groups excluding tert-OH is 13. The first-order valence-corrected chi connectivity index (χ1v) is 32.1. The molecule has 6 amide bonds. The van der Waals surface area contributed by atoms with Crippen molar-refractivity contribution in [3.05, 3.63) is 108 Å². The van der Waals surface area contributed by atoms with Gasteiger partial charge in [0.1, 0.15) is 121 Å². The predicted molar refractivity (Wildman–Crippen MR) is 342 cm³/mol. The lowest BCUT2D eigenvalue weighted by molar-refractivity contribution is -0.353. The van der Waals surface area contributed by atoms with E-state index in [1.54, 1.807) is 49.4 Å². The van der Waals surface area contributed by atoms with E-state index in [4.69, 9.17) is 39.9 Å². The average Bonchev–Trinajstić information content (AvgIpc) is 1.45. The van der Waals surface area contributed by atoms with Crippen molar-refractivity contribution in [3.63, 3.8) is 0 Å². The van der Waals surface area contributed by atoms with Crippen LogP contribution in [0.5, 0.6) is 5.75 Å². The number of nitrogens with one attached hydrogen (secondary N) is 7. The molecule has 9 rings (SSSR count). The normalized spacial score (nSPS) is 35.3. The van der Waals surface area contributed by atoms with Gasteiger partial charge in [-0.15, -0.1) is 0 Å². The second-order valence-electron chi connectivity index (χ2n) is 24.7. The lowest BCUT2D eigenvalue weighted by Gasteiger charge is -2.46. The van der Waals surface area contributed by atoms with Crippen LogP contribution in [0.2, 0.25) is 0 Å². The fraction of sp³-hybridized carbons (Fsp3) is 0.556. The monoisotopic (exact) mass is 1410 g/mol. The highest BCUT2D eigenvalue weighted by atomic mass is 16.7. The van der Waals surface area contributed by atoms with E-state index >= 15 is 9.59 Å². The number of amides is 6. The number of aliphatic imine (C=N–C) groups is 2. The number of nitrogens with two attached hydrogens (primary N) is 2. The summed E-state index contributed by atoms with van der Waals surface area (Å²) in [5, 5.41) is 160. The van der Waals surface area contributed by atoms with Gasteiger partial charge in [0.25, 0.3) is 0 Å². The Bertz CT molecular complexity index is 3350. The minimum atomic E-state index is -2.35. The maximum absolute atomic E-state index is 15.2. The number of rotatable bonds is 21. The lowest BCUT2D eigenvalue weighted by Crippen LogP contribution is -2.70. The zero-order valence-corrected chi connectivity index (χ0v) is 53.7. The minimum Gasteiger partial charge on any atom is -0.462 e. The second-order valence-corrected chi connectivity index (χ2v) is 24.7. The van der Waals surface area contributed by atoms with Gasteiger partial charge in [-0.05, 0) is 28.8 Å². The summed E-state index contributed by atoms with van der Waals surface area (Å²) in [6, 6.07) is 10.2. The SMILES string of the molecule is CC(c1ccccc1)[C@@H]1NC(=O)CNC(=O)[C@H](CO)NC(=O)[C@@H](C(O)C2CN=C(N)N2[C@H]2O[C@H](CO)[C@@H](O)[C@H](O)[C@@H]2O)NC(=O)[C@H](C(O)C2CN=C(N)N2)NC(=O)[C@@H](Cc2ccc(O[C@H]3O[C@H](CO)[C@@H](O[C@H]4O[C@H](COC/C=C/c5ccccc5)[C@@H](O)[C@H](O)[C@@H]4O)[C@H](O)[C@@H]3O)cc2)NC1=O. The van der Waals surface area contributed by atoms with Gasteiger partial charge in [-0.3, -0.25) is 38.8 Å². The molecule has 25 atom stereocenters. The van der Waals surface area contributed by atoms with Gasteiger partial charge in [0, 0.05) is 12.3 Å². The summed E-state index contributed by atoms with van der Waals surface area (Å²) >= 11 is 0. The largest absolute Gasteiger partial charge is 0.462 e. The van der Waals surface area contributed by atoms with Crippen LogP contribution in [-0.2, 0) is 58.9 Å². The van der Waals surface area contributed by atoms with Crippen LogP contribution in [-0.4, -0.2) is 318 Å². The summed E-state index contributed by atoms with van der Waals surface area (Å²) in [5.41, 5.74) is 13.8. The maximum Gasteiger partial charge on any atom is 0.246 e. The van der Waals surface area contributed by atoms with Gasteiger partial charge in [0.05, 0.1) is 64.8 Å². The molecule has 0 radical (unpaired) electrons. The molecule has 37 heteroatoms. The Hall–Kier alpha value is -8.16. The molecule has 24 N–H and O–H groups in total. The van der Waals surface area contributed by atoms with Crippen LogP contribution in [0.4, 0.5) is 0 Å². The molecule has 4 saturated heterocycles. The Morgan fingerprint density at radius 2 is 1.19 bits per heavy atom. The van der Waals surface area contributed by atoms with Crippen molar-refractivity contribution in [1.29, 1.82) is 0 Å². The van der Waals surface area contributed by atoms with Crippen molar-refractivity contribution in [3.8, 4) is 5.75 Å². The van der Waals surface area contributed by atoms with Crippen LogP contribution in [0.25, 0.3) is 6.08 Å². The zero-order valence-electron chi connectivity index (χ0n) is 53.7. The molecule has 0 saturated carbocycles. The maximum atomic E-state index is 15.2. The second kappa shape index (κ2) is 34.5. The third kappa shape index (κ3) is 17.9. The average molecular weight is 1410 g/mol. The first-order chi connectivity index (χ1) is 47.8. The summed E-state index contributed by atoms with van der Waals surface area (Å²) in [4.78, 5) is 96.5. The molecule has 4 fully saturated rings. The summed E-state index contributed by atoms with van der Waals surface area (Å²) in [7, 11) is 0. The number of carbonyl (C=O) groups is 6. The quantitative estimate of drug-likeness (QED) is 0.0440. The molecule has 6 aliphatic rings. The Kier molecular flexibility index (Phi) is 26.2. The van der Waals surface area contributed by atoms with Crippen LogP contribution in [0.1, 0.15) is 29.5 Å². The van der Waals surface area contributed by atoms with E-state index in [0.29, 0.717) is 5.56 Å². The highest BCUT2D eigenvalue weighted by Crippen LogP contribution is 2.33. The third-order valence-corrected chi connectivity index (χ3v) is 17.9. The Balaban J connectivity index is 0.973. The zero-order chi connectivity index (χ0) is 72.2.